The molecule has 0 bridgehead atoms. The van der Waals surface area contributed by atoms with Crippen LogP contribution in [-0.4, -0.2) is 44.5 Å². The van der Waals surface area contributed by atoms with Crippen molar-refractivity contribution < 1.29 is 27.8 Å². The molecule has 0 unspecified atom stereocenters. The van der Waals surface area contributed by atoms with Gasteiger partial charge in [-0.15, -0.1) is 0 Å². The lowest BCUT2D eigenvalue weighted by molar-refractivity contribution is -0.136. The molecule has 0 aliphatic carbocycles. The number of carboxylic acid groups (broad SMARTS) is 1. The first-order valence-electron chi connectivity index (χ1n) is 5.37. The van der Waals surface area contributed by atoms with Crippen molar-refractivity contribution in [3.05, 3.63) is 18.0 Å². The number of methoxy groups -OCH3 is 2. The molecule has 7 nitrogen and oxygen atoms in total. The van der Waals surface area contributed by atoms with Crippen LogP contribution in [0.25, 0.3) is 0 Å². The number of aromatic nitrogens is 1. The van der Waals surface area contributed by atoms with Crippen molar-refractivity contribution in [2.45, 2.75) is 12.2 Å². The fourth-order valence-electron chi connectivity index (χ4n) is 1.48. The molecule has 1 heterocycles. The number of rotatable bonds is 7. The van der Waals surface area contributed by atoms with Crippen LogP contribution in [0.2, 0.25) is 0 Å². The lowest BCUT2D eigenvalue weighted by Gasteiger charge is -2.11. The molecule has 0 amide bonds. The van der Waals surface area contributed by atoms with Gasteiger partial charge in [0.25, 0.3) is 0 Å². The van der Waals surface area contributed by atoms with Gasteiger partial charge in [-0.25, -0.2) is 8.42 Å². The Balaban J connectivity index is 2.96. The second-order valence-electron chi connectivity index (χ2n) is 3.73. The highest BCUT2D eigenvalue weighted by molar-refractivity contribution is 7.90. The molecule has 0 atom stereocenters. The highest BCUT2D eigenvalue weighted by atomic mass is 32.2. The second kappa shape index (κ2) is 6.37. The van der Waals surface area contributed by atoms with Crippen molar-refractivity contribution in [3.8, 4) is 11.5 Å². The van der Waals surface area contributed by atoms with E-state index < -0.39 is 28.0 Å². The van der Waals surface area contributed by atoms with Gasteiger partial charge in [-0.1, -0.05) is 0 Å². The van der Waals surface area contributed by atoms with Gasteiger partial charge in [-0.3, -0.25) is 9.78 Å². The van der Waals surface area contributed by atoms with E-state index in [1.54, 1.807) is 6.07 Å². The zero-order valence-electron chi connectivity index (χ0n) is 10.6. The van der Waals surface area contributed by atoms with Crippen LogP contribution in [0, 0.1) is 0 Å². The first kappa shape index (κ1) is 15.2. The smallest absolute Gasteiger partial charge is 0.304 e. The van der Waals surface area contributed by atoms with Crippen molar-refractivity contribution in [2.24, 2.45) is 0 Å². The van der Waals surface area contributed by atoms with Crippen molar-refractivity contribution in [3.63, 3.8) is 0 Å². The number of hydrogen-bond acceptors (Lipinski definition) is 6. The summed E-state index contributed by atoms with van der Waals surface area (Å²) in [6.07, 6.45) is 0.970. The fourth-order valence-corrected chi connectivity index (χ4v) is 2.73. The average molecular weight is 289 g/mol. The largest absolute Gasteiger partial charge is 0.493 e. The van der Waals surface area contributed by atoms with E-state index in [1.165, 1.54) is 20.4 Å². The molecule has 0 saturated carbocycles. The maximum absolute atomic E-state index is 11.8. The SMILES string of the molecule is COc1ccnc(CS(=O)(=O)CCC(=O)O)c1OC. The molecule has 0 saturated heterocycles. The van der Waals surface area contributed by atoms with E-state index in [4.69, 9.17) is 14.6 Å². The Morgan fingerprint density at radius 1 is 1.37 bits per heavy atom. The third-order valence-corrected chi connectivity index (χ3v) is 3.89. The molecule has 0 aliphatic rings. The summed E-state index contributed by atoms with van der Waals surface area (Å²) >= 11 is 0. The van der Waals surface area contributed by atoms with Gasteiger partial charge in [0.15, 0.2) is 21.3 Å². The topological polar surface area (TPSA) is 103 Å². The first-order valence-corrected chi connectivity index (χ1v) is 7.20. The lowest BCUT2D eigenvalue weighted by atomic mass is 10.3. The van der Waals surface area contributed by atoms with Crippen LogP contribution >= 0.6 is 0 Å². The number of ether oxygens (including phenoxy) is 2. The summed E-state index contributed by atoms with van der Waals surface area (Å²) in [4.78, 5) is 14.3. The van der Waals surface area contributed by atoms with Crippen LogP contribution in [0.15, 0.2) is 12.3 Å². The second-order valence-corrected chi connectivity index (χ2v) is 5.91. The molecule has 1 aromatic rings. The van der Waals surface area contributed by atoms with Crippen LogP contribution in [0.1, 0.15) is 12.1 Å². The Bertz CT molecular complexity index is 554. The Labute approximate surface area is 111 Å². The van der Waals surface area contributed by atoms with Crippen LogP contribution in [0.4, 0.5) is 0 Å². The number of sulfone groups is 1. The first-order chi connectivity index (χ1) is 8.89. The van der Waals surface area contributed by atoms with Crippen LogP contribution in [-0.2, 0) is 20.4 Å². The monoisotopic (exact) mass is 289 g/mol. The van der Waals surface area contributed by atoms with E-state index in [-0.39, 0.29) is 17.2 Å². The quantitative estimate of drug-likeness (QED) is 0.779. The molecule has 19 heavy (non-hydrogen) atoms. The molecule has 1 N–H and O–H groups in total. The minimum atomic E-state index is -3.57. The summed E-state index contributed by atoms with van der Waals surface area (Å²) in [5.74, 6) is -1.37. The van der Waals surface area contributed by atoms with Gasteiger partial charge in [0.1, 0.15) is 5.69 Å². The molecule has 1 rings (SSSR count). The number of carboxylic acids is 1. The van der Waals surface area contributed by atoms with Gasteiger partial charge in [0.05, 0.1) is 32.1 Å². The van der Waals surface area contributed by atoms with E-state index in [2.05, 4.69) is 4.98 Å². The normalized spacial score (nSPS) is 11.1. The van der Waals surface area contributed by atoms with E-state index in [0.29, 0.717) is 5.75 Å². The maximum atomic E-state index is 11.8. The van der Waals surface area contributed by atoms with Crippen LogP contribution < -0.4 is 9.47 Å². The van der Waals surface area contributed by atoms with Crippen molar-refractivity contribution in [1.29, 1.82) is 0 Å². The standard InChI is InChI=1S/C11H15NO6S/c1-17-9-3-5-12-8(11(9)18-2)7-19(15,16)6-4-10(13)14/h3,5H,4,6-7H2,1-2H3,(H,13,14). The predicted molar refractivity (Wildman–Crippen MR) is 67.1 cm³/mol. The number of aliphatic carboxylic acids is 1. The minimum absolute atomic E-state index is 0.201. The van der Waals surface area contributed by atoms with Gasteiger partial charge in [-0.05, 0) is 0 Å². The van der Waals surface area contributed by atoms with Crippen molar-refractivity contribution in [2.75, 3.05) is 20.0 Å². The van der Waals surface area contributed by atoms with Crippen LogP contribution in [0.5, 0.6) is 11.5 Å². The molecule has 0 aromatic carbocycles. The van der Waals surface area contributed by atoms with Crippen molar-refractivity contribution in [1.82, 2.24) is 4.98 Å². The third kappa shape index (κ3) is 4.40. The average Bonchev–Trinajstić information content (AvgIpc) is 2.35. The van der Waals surface area contributed by atoms with E-state index >= 15 is 0 Å². The zero-order chi connectivity index (χ0) is 14.5. The molecular formula is C11H15NO6S. The molecule has 8 heteroatoms. The summed E-state index contributed by atoms with van der Waals surface area (Å²) in [6.45, 7) is 0. The van der Waals surface area contributed by atoms with Crippen LogP contribution in [0.3, 0.4) is 0 Å². The fraction of sp³-hybridized carbons (Fsp3) is 0.455. The highest BCUT2D eigenvalue weighted by Gasteiger charge is 2.20. The Morgan fingerprint density at radius 2 is 2.05 bits per heavy atom. The Hall–Kier alpha value is -1.83. The summed E-state index contributed by atoms with van der Waals surface area (Å²) < 4.78 is 33.7. The van der Waals surface area contributed by atoms with E-state index in [9.17, 15) is 13.2 Å². The minimum Gasteiger partial charge on any atom is -0.493 e. The zero-order valence-corrected chi connectivity index (χ0v) is 11.4. The summed E-state index contributed by atoms with van der Waals surface area (Å²) in [5, 5.41) is 8.50. The number of hydrogen-bond donors (Lipinski definition) is 1. The number of carbonyl (C=O) groups is 1. The number of nitrogens with zero attached hydrogens (tertiary/aromatic N) is 1. The molecule has 1 aromatic heterocycles. The molecule has 0 aliphatic heterocycles. The molecule has 0 radical (unpaired) electrons. The Morgan fingerprint density at radius 3 is 2.58 bits per heavy atom. The summed E-state index contributed by atoms with van der Waals surface area (Å²) in [6, 6.07) is 1.55. The molecule has 0 fully saturated rings. The van der Waals surface area contributed by atoms with E-state index in [0.717, 1.165) is 0 Å². The third-order valence-electron chi connectivity index (χ3n) is 2.35. The van der Waals surface area contributed by atoms with Gasteiger partial charge >= 0.3 is 5.97 Å². The summed E-state index contributed by atoms with van der Waals surface area (Å²) in [5.41, 5.74) is 0.201. The summed E-state index contributed by atoms with van der Waals surface area (Å²) in [7, 11) is -0.753. The van der Waals surface area contributed by atoms with Gasteiger partial charge < -0.3 is 14.6 Å². The van der Waals surface area contributed by atoms with Gasteiger partial charge in [0, 0.05) is 12.3 Å². The Kier molecular flexibility index (Phi) is 5.11. The molecule has 106 valence electrons. The lowest BCUT2D eigenvalue weighted by Crippen LogP contribution is -2.14. The molecular weight excluding hydrogens is 274 g/mol. The maximum Gasteiger partial charge on any atom is 0.304 e. The number of pyridine rings is 1. The van der Waals surface area contributed by atoms with E-state index in [1.807, 2.05) is 0 Å². The van der Waals surface area contributed by atoms with Crippen molar-refractivity contribution >= 4 is 15.8 Å². The predicted octanol–water partition coefficient (Wildman–Crippen LogP) is 0.488. The highest BCUT2D eigenvalue weighted by Crippen LogP contribution is 2.30. The van der Waals surface area contributed by atoms with Gasteiger partial charge in [-0.2, -0.15) is 0 Å². The molecule has 0 spiro atoms. The van der Waals surface area contributed by atoms with Gasteiger partial charge in [0.2, 0.25) is 0 Å².